The SMILES string of the molecule is Cc1cc(F)c(Br)cc1NCC(=O)NC1CC1. The van der Waals surface area contributed by atoms with Gasteiger partial charge in [0.15, 0.2) is 0 Å². The van der Waals surface area contributed by atoms with E-state index in [-0.39, 0.29) is 18.3 Å². The zero-order chi connectivity index (χ0) is 12.4. The van der Waals surface area contributed by atoms with Crippen molar-refractivity contribution in [3.05, 3.63) is 28.0 Å². The summed E-state index contributed by atoms with van der Waals surface area (Å²) >= 11 is 3.12. The van der Waals surface area contributed by atoms with Gasteiger partial charge in [-0.25, -0.2) is 4.39 Å². The van der Waals surface area contributed by atoms with E-state index < -0.39 is 0 Å². The van der Waals surface area contributed by atoms with E-state index in [4.69, 9.17) is 0 Å². The number of benzene rings is 1. The fourth-order valence-electron chi connectivity index (χ4n) is 1.52. The molecule has 1 aliphatic rings. The van der Waals surface area contributed by atoms with Crippen LogP contribution in [0, 0.1) is 12.7 Å². The maximum Gasteiger partial charge on any atom is 0.239 e. The van der Waals surface area contributed by atoms with Gasteiger partial charge in [-0.1, -0.05) is 0 Å². The summed E-state index contributed by atoms with van der Waals surface area (Å²) in [6, 6.07) is 3.45. The minimum Gasteiger partial charge on any atom is -0.376 e. The van der Waals surface area contributed by atoms with Gasteiger partial charge in [0.05, 0.1) is 11.0 Å². The second kappa shape index (κ2) is 5.04. The summed E-state index contributed by atoms with van der Waals surface area (Å²) in [5.41, 5.74) is 1.55. The summed E-state index contributed by atoms with van der Waals surface area (Å²) in [7, 11) is 0. The van der Waals surface area contributed by atoms with Crippen LogP contribution >= 0.6 is 15.9 Å². The molecule has 92 valence electrons. The van der Waals surface area contributed by atoms with Crippen LogP contribution < -0.4 is 10.6 Å². The van der Waals surface area contributed by atoms with Crippen molar-refractivity contribution < 1.29 is 9.18 Å². The van der Waals surface area contributed by atoms with Crippen LogP contribution in [-0.2, 0) is 4.79 Å². The molecular formula is C12H14BrFN2O. The monoisotopic (exact) mass is 300 g/mol. The first-order valence-electron chi connectivity index (χ1n) is 5.55. The van der Waals surface area contributed by atoms with Crippen LogP contribution in [0.1, 0.15) is 18.4 Å². The molecular weight excluding hydrogens is 287 g/mol. The second-order valence-corrected chi connectivity index (χ2v) is 5.13. The highest BCUT2D eigenvalue weighted by molar-refractivity contribution is 9.10. The quantitative estimate of drug-likeness (QED) is 0.897. The molecule has 1 aliphatic carbocycles. The minimum absolute atomic E-state index is 0.0210. The number of hydrogen-bond acceptors (Lipinski definition) is 2. The van der Waals surface area contributed by atoms with Crippen LogP contribution in [0.4, 0.5) is 10.1 Å². The van der Waals surface area contributed by atoms with Gasteiger partial charge in [0.1, 0.15) is 5.82 Å². The maximum atomic E-state index is 13.2. The predicted octanol–water partition coefficient (Wildman–Crippen LogP) is 2.59. The number of carbonyl (C=O) groups is 1. The van der Waals surface area contributed by atoms with Gasteiger partial charge in [0, 0.05) is 11.7 Å². The first kappa shape index (κ1) is 12.4. The molecule has 0 aromatic heterocycles. The molecule has 2 rings (SSSR count). The van der Waals surface area contributed by atoms with Gasteiger partial charge < -0.3 is 10.6 Å². The third-order valence-corrected chi connectivity index (χ3v) is 3.26. The van der Waals surface area contributed by atoms with Gasteiger partial charge in [0.2, 0.25) is 5.91 Å². The largest absolute Gasteiger partial charge is 0.376 e. The normalized spacial score (nSPS) is 14.5. The Kier molecular flexibility index (Phi) is 3.66. The number of nitrogens with one attached hydrogen (secondary N) is 2. The van der Waals surface area contributed by atoms with Gasteiger partial charge in [0.25, 0.3) is 0 Å². The number of anilines is 1. The molecule has 5 heteroatoms. The topological polar surface area (TPSA) is 41.1 Å². The Hall–Kier alpha value is -1.10. The van der Waals surface area contributed by atoms with Crippen LogP contribution in [0.3, 0.4) is 0 Å². The minimum atomic E-state index is -0.296. The summed E-state index contributed by atoms with van der Waals surface area (Å²) < 4.78 is 13.6. The van der Waals surface area contributed by atoms with E-state index in [0.29, 0.717) is 10.5 Å². The number of amides is 1. The average molecular weight is 301 g/mol. The van der Waals surface area contributed by atoms with E-state index in [2.05, 4.69) is 26.6 Å². The van der Waals surface area contributed by atoms with Crippen molar-refractivity contribution in [2.75, 3.05) is 11.9 Å². The number of hydrogen-bond donors (Lipinski definition) is 2. The van der Waals surface area contributed by atoms with E-state index in [1.54, 1.807) is 13.0 Å². The smallest absolute Gasteiger partial charge is 0.239 e. The molecule has 0 atom stereocenters. The lowest BCUT2D eigenvalue weighted by Gasteiger charge is -2.10. The van der Waals surface area contributed by atoms with Crippen molar-refractivity contribution in [3.63, 3.8) is 0 Å². The second-order valence-electron chi connectivity index (χ2n) is 4.28. The summed E-state index contributed by atoms with van der Waals surface area (Å²) in [5, 5.41) is 5.89. The van der Waals surface area contributed by atoms with Gasteiger partial charge in [-0.2, -0.15) is 0 Å². The molecule has 0 saturated heterocycles. The molecule has 1 amide bonds. The fourth-order valence-corrected chi connectivity index (χ4v) is 1.86. The Morgan fingerprint density at radius 1 is 1.53 bits per heavy atom. The molecule has 0 radical (unpaired) electrons. The molecule has 0 aliphatic heterocycles. The van der Waals surface area contributed by atoms with Crippen LogP contribution in [0.2, 0.25) is 0 Å². The molecule has 0 spiro atoms. The molecule has 0 unspecified atom stereocenters. The lowest BCUT2D eigenvalue weighted by molar-refractivity contribution is -0.119. The maximum absolute atomic E-state index is 13.2. The van der Waals surface area contributed by atoms with E-state index in [1.165, 1.54) is 6.07 Å². The fraction of sp³-hybridized carbons (Fsp3) is 0.417. The van der Waals surface area contributed by atoms with Crippen LogP contribution in [0.5, 0.6) is 0 Å². The van der Waals surface area contributed by atoms with E-state index >= 15 is 0 Å². The Balaban J connectivity index is 1.93. The third-order valence-electron chi connectivity index (χ3n) is 2.65. The Bertz CT molecular complexity index is 446. The predicted molar refractivity (Wildman–Crippen MR) is 68.5 cm³/mol. The highest BCUT2D eigenvalue weighted by Crippen LogP contribution is 2.24. The molecule has 1 fully saturated rings. The van der Waals surface area contributed by atoms with E-state index in [0.717, 1.165) is 24.1 Å². The lowest BCUT2D eigenvalue weighted by Crippen LogP contribution is -2.31. The molecule has 0 heterocycles. The van der Waals surface area contributed by atoms with Crippen LogP contribution in [-0.4, -0.2) is 18.5 Å². The summed E-state index contributed by atoms with van der Waals surface area (Å²) in [6.45, 7) is 2.02. The molecule has 1 saturated carbocycles. The van der Waals surface area contributed by atoms with E-state index in [1.807, 2.05) is 0 Å². The first-order valence-corrected chi connectivity index (χ1v) is 6.34. The Morgan fingerprint density at radius 2 is 2.24 bits per heavy atom. The molecule has 0 bridgehead atoms. The lowest BCUT2D eigenvalue weighted by atomic mass is 10.2. The van der Waals surface area contributed by atoms with Crippen molar-refractivity contribution in [2.24, 2.45) is 0 Å². The van der Waals surface area contributed by atoms with Gasteiger partial charge in [-0.05, 0) is 53.4 Å². The van der Waals surface area contributed by atoms with Crippen molar-refractivity contribution in [3.8, 4) is 0 Å². The molecule has 2 N–H and O–H groups in total. The highest BCUT2D eigenvalue weighted by Gasteiger charge is 2.22. The van der Waals surface area contributed by atoms with Crippen molar-refractivity contribution in [2.45, 2.75) is 25.8 Å². The van der Waals surface area contributed by atoms with Crippen LogP contribution in [0.25, 0.3) is 0 Å². The summed E-state index contributed by atoms with van der Waals surface area (Å²) in [4.78, 5) is 11.5. The standard InChI is InChI=1S/C12H14BrFN2O/c1-7-4-10(14)9(13)5-11(7)15-6-12(17)16-8-2-3-8/h4-5,8,15H,2-3,6H2,1H3,(H,16,17). The van der Waals surface area contributed by atoms with Crippen molar-refractivity contribution >= 4 is 27.5 Å². The molecule has 17 heavy (non-hydrogen) atoms. The summed E-state index contributed by atoms with van der Waals surface area (Å²) in [6.07, 6.45) is 2.15. The summed E-state index contributed by atoms with van der Waals surface area (Å²) in [5.74, 6) is -0.317. The first-order chi connectivity index (χ1) is 8.06. The number of aryl methyl sites for hydroxylation is 1. The zero-order valence-corrected chi connectivity index (χ0v) is 11.1. The molecule has 1 aromatic carbocycles. The van der Waals surface area contributed by atoms with Gasteiger partial charge in [-0.3, -0.25) is 4.79 Å². The third kappa shape index (κ3) is 3.43. The number of rotatable bonds is 4. The average Bonchev–Trinajstić information content (AvgIpc) is 3.05. The van der Waals surface area contributed by atoms with E-state index in [9.17, 15) is 9.18 Å². The zero-order valence-electron chi connectivity index (χ0n) is 9.52. The highest BCUT2D eigenvalue weighted by atomic mass is 79.9. The molecule has 1 aromatic rings. The van der Waals surface area contributed by atoms with Crippen molar-refractivity contribution in [1.29, 1.82) is 0 Å². The number of carbonyl (C=O) groups excluding carboxylic acids is 1. The Morgan fingerprint density at radius 3 is 2.88 bits per heavy atom. The van der Waals surface area contributed by atoms with Crippen molar-refractivity contribution in [1.82, 2.24) is 5.32 Å². The number of halogens is 2. The van der Waals surface area contributed by atoms with Crippen LogP contribution in [0.15, 0.2) is 16.6 Å². The Labute approximate surface area is 108 Å². The molecule has 3 nitrogen and oxygen atoms in total. The van der Waals surface area contributed by atoms with Gasteiger partial charge in [-0.15, -0.1) is 0 Å². The van der Waals surface area contributed by atoms with Gasteiger partial charge >= 0.3 is 0 Å².